The van der Waals surface area contributed by atoms with Gasteiger partial charge in [0.05, 0.1) is 0 Å². The Hall–Kier alpha value is 0.247. The van der Waals surface area contributed by atoms with Crippen LogP contribution in [0.5, 0.6) is 0 Å². The van der Waals surface area contributed by atoms with Gasteiger partial charge in [-0.1, -0.05) is 5.04 Å². The van der Waals surface area contributed by atoms with Gasteiger partial charge in [-0.25, -0.2) is 0 Å². The Morgan fingerprint density at radius 3 is 1.75 bits per heavy atom. The number of rotatable bonds is 1. The first-order chi connectivity index (χ1) is 3.25. The Morgan fingerprint density at radius 2 is 1.75 bits per heavy atom. The van der Waals surface area contributed by atoms with Crippen LogP contribution in [0, 0.1) is 33.9 Å². The summed E-state index contributed by atoms with van der Waals surface area (Å²) in [7, 11) is -2.22. The van der Waals surface area contributed by atoms with Crippen molar-refractivity contribution in [3.63, 3.8) is 0 Å². The van der Waals surface area contributed by atoms with Crippen LogP contribution in [-0.4, -0.2) is 7.38 Å². The van der Waals surface area contributed by atoms with Crippen LogP contribution >= 0.6 is 11.1 Å². The van der Waals surface area contributed by atoms with E-state index in [2.05, 4.69) is 33.9 Å². The first-order valence-corrected chi connectivity index (χ1v) is 5.63. The molecule has 0 heterocycles. The highest BCUT2D eigenvalue weighted by Crippen LogP contribution is 2.35. The van der Waals surface area contributed by atoms with Crippen LogP contribution in [0.25, 0.3) is 0 Å². The van der Waals surface area contributed by atoms with Gasteiger partial charge in [0.15, 0.2) is 0 Å². The van der Waals surface area contributed by atoms with Crippen LogP contribution in [0.4, 0.5) is 0 Å². The molecule has 45 valence electrons. The van der Waals surface area contributed by atoms with E-state index in [1.807, 2.05) is 0 Å². The van der Waals surface area contributed by atoms with Crippen molar-refractivity contribution in [2.75, 3.05) is 0 Å². The molecule has 0 spiro atoms. The highest BCUT2D eigenvalue weighted by Gasteiger charge is 2.38. The molecule has 0 rings (SSSR count). The van der Waals surface area contributed by atoms with Crippen molar-refractivity contribution in [3.8, 4) is 0 Å². The fraction of sp³-hybridized carbons (Fsp3) is 0.167. The van der Waals surface area contributed by atoms with Crippen LogP contribution in [0.3, 0.4) is 0 Å². The molecule has 0 saturated heterocycles. The Kier molecular flexibility index (Phi) is 1.94. The predicted octanol–water partition coefficient (Wildman–Crippen LogP) is 2.16. The van der Waals surface area contributed by atoms with E-state index in [4.69, 9.17) is 11.1 Å². The quantitative estimate of drug-likeness (QED) is 0.302. The maximum absolute atomic E-state index is 5.74. The molecule has 8 heavy (non-hydrogen) atoms. The SMILES string of the molecule is [CH2][Si]([CH2+])(Cl)C([CH2+])([CH2-])[CH2-]. The van der Waals surface area contributed by atoms with E-state index in [0.717, 1.165) is 0 Å². The largest absolute Gasteiger partial charge is 0.349 e. The zero-order valence-electron chi connectivity index (χ0n) is 4.91. The summed E-state index contributed by atoms with van der Waals surface area (Å²) in [5, 5.41) is -0.630. The zero-order valence-corrected chi connectivity index (χ0v) is 6.67. The molecule has 0 bridgehead atoms. The summed E-state index contributed by atoms with van der Waals surface area (Å²) < 4.78 is 0. The van der Waals surface area contributed by atoms with Crippen molar-refractivity contribution in [2.45, 2.75) is 5.04 Å². The standard InChI is InChI=1S/C6H10ClSi/c1-6(2,3)8(4,5)7/h1-5H2. The van der Waals surface area contributed by atoms with Crippen LogP contribution in [-0.2, 0) is 0 Å². The summed E-state index contributed by atoms with van der Waals surface area (Å²) in [6.45, 7) is 18.2. The van der Waals surface area contributed by atoms with Gasteiger partial charge in [0, 0.05) is 20.0 Å². The molecular formula is C6H10ClSi. The maximum Gasteiger partial charge on any atom is 0.349 e. The number of halogens is 1. The zero-order chi connectivity index (χ0) is 7.00. The third-order valence-corrected chi connectivity index (χ3v) is 4.05. The molecule has 0 nitrogen and oxygen atoms in total. The average molecular weight is 146 g/mol. The van der Waals surface area contributed by atoms with E-state index in [-0.39, 0.29) is 0 Å². The van der Waals surface area contributed by atoms with E-state index >= 15 is 0 Å². The minimum Gasteiger partial charge on any atom is -0.322 e. The normalized spacial score (nSPS) is 20.0. The topological polar surface area (TPSA) is 0 Å². The summed E-state index contributed by atoms with van der Waals surface area (Å²) in [5.74, 6) is 0. The van der Waals surface area contributed by atoms with E-state index in [1.165, 1.54) is 0 Å². The Bertz CT molecular complexity index is 63.5. The molecule has 0 aromatic rings. The highest BCUT2D eigenvalue weighted by atomic mass is 35.6. The second-order valence-electron chi connectivity index (χ2n) is 2.25. The fourth-order valence-electron chi connectivity index (χ4n) is 0. The molecule has 0 aromatic heterocycles. The van der Waals surface area contributed by atoms with Gasteiger partial charge in [0.25, 0.3) is 0 Å². The van der Waals surface area contributed by atoms with Crippen molar-refractivity contribution in [3.05, 3.63) is 33.9 Å². The Balaban J connectivity index is 4.02. The third-order valence-electron chi connectivity index (χ3n) is 0.950. The van der Waals surface area contributed by atoms with Gasteiger partial charge in [0.1, 0.15) is 0 Å². The minimum atomic E-state index is -2.22. The molecule has 0 aliphatic carbocycles. The van der Waals surface area contributed by atoms with E-state index in [9.17, 15) is 0 Å². The van der Waals surface area contributed by atoms with Gasteiger partial charge in [-0.2, -0.15) is 0 Å². The molecule has 0 unspecified atom stereocenters. The Morgan fingerprint density at radius 1 is 1.62 bits per heavy atom. The highest BCUT2D eigenvalue weighted by molar-refractivity contribution is 7.24. The first kappa shape index (κ1) is 8.25. The van der Waals surface area contributed by atoms with Crippen molar-refractivity contribution in [1.82, 2.24) is 0 Å². The monoisotopic (exact) mass is 145 g/mol. The van der Waals surface area contributed by atoms with Gasteiger partial charge in [-0.05, 0) is 0 Å². The van der Waals surface area contributed by atoms with Gasteiger partial charge in [0.2, 0.25) is 0 Å². The molecule has 0 aliphatic heterocycles. The van der Waals surface area contributed by atoms with Crippen LogP contribution in [0.2, 0.25) is 5.04 Å². The van der Waals surface area contributed by atoms with Gasteiger partial charge >= 0.3 is 7.38 Å². The van der Waals surface area contributed by atoms with Crippen LogP contribution in [0.15, 0.2) is 0 Å². The predicted molar refractivity (Wildman–Crippen MR) is 41.1 cm³/mol. The summed E-state index contributed by atoms with van der Waals surface area (Å²) in [5.41, 5.74) is 0. The lowest BCUT2D eigenvalue weighted by molar-refractivity contribution is 1.05. The molecule has 0 aliphatic rings. The lowest BCUT2D eigenvalue weighted by atomic mass is 10.2. The second kappa shape index (κ2) is 1.89. The number of hydrogen-bond acceptors (Lipinski definition) is 0. The van der Waals surface area contributed by atoms with E-state index in [1.54, 1.807) is 0 Å². The molecular weight excluding hydrogens is 136 g/mol. The smallest absolute Gasteiger partial charge is 0.322 e. The van der Waals surface area contributed by atoms with Gasteiger partial charge in [-0.15, -0.1) is 11.1 Å². The molecule has 0 N–H and O–H groups in total. The molecule has 1 radical (unpaired) electrons. The van der Waals surface area contributed by atoms with E-state index in [0.29, 0.717) is 0 Å². The van der Waals surface area contributed by atoms with Crippen molar-refractivity contribution in [1.29, 1.82) is 0 Å². The first-order valence-electron chi connectivity index (χ1n) is 2.21. The molecule has 0 saturated carbocycles. The van der Waals surface area contributed by atoms with Gasteiger partial charge in [-0.3, -0.25) is 0 Å². The summed E-state index contributed by atoms with van der Waals surface area (Å²) in [6, 6.07) is 0. The molecule has 0 amide bonds. The number of hydrogen-bond donors (Lipinski definition) is 0. The molecule has 2 heteroatoms. The third kappa shape index (κ3) is 2.01. The summed E-state index contributed by atoms with van der Waals surface area (Å²) >= 11 is 5.74. The average Bonchev–Trinajstić information content (AvgIpc) is 1.25. The van der Waals surface area contributed by atoms with Crippen molar-refractivity contribution in [2.24, 2.45) is 0 Å². The maximum atomic E-state index is 5.74. The van der Waals surface area contributed by atoms with Gasteiger partial charge < -0.3 is 13.8 Å². The Labute approximate surface area is 58.0 Å². The fourth-order valence-corrected chi connectivity index (χ4v) is 0. The minimum absolute atomic E-state index is 0.630. The van der Waals surface area contributed by atoms with Crippen molar-refractivity contribution < 1.29 is 0 Å². The van der Waals surface area contributed by atoms with Crippen LogP contribution < -0.4 is 0 Å². The lowest BCUT2D eigenvalue weighted by Crippen LogP contribution is -2.32. The molecule has 0 aromatic carbocycles. The second-order valence-corrected chi connectivity index (χ2v) is 7.41. The van der Waals surface area contributed by atoms with Crippen molar-refractivity contribution >= 4 is 18.5 Å². The summed E-state index contributed by atoms with van der Waals surface area (Å²) in [4.78, 5) is 0. The van der Waals surface area contributed by atoms with E-state index < -0.39 is 12.4 Å². The van der Waals surface area contributed by atoms with Crippen LogP contribution in [0.1, 0.15) is 0 Å². The molecule has 0 fully saturated rings. The molecule has 0 atom stereocenters. The lowest BCUT2D eigenvalue weighted by Gasteiger charge is -2.29. The summed E-state index contributed by atoms with van der Waals surface area (Å²) in [6.07, 6.45) is 0.